The first kappa shape index (κ1) is 15.2. The van der Waals surface area contributed by atoms with E-state index >= 15 is 0 Å². The van der Waals surface area contributed by atoms with Crippen LogP contribution in [-0.4, -0.2) is 40.3 Å². The van der Waals surface area contributed by atoms with Crippen molar-refractivity contribution in [3.8, 4) is 11.4 Å². The predicted molar refractivity (Wildman–Crippen MR) is 85.1 cm³/mol. The molecular weight excluding hydrogens is 266 g/mol. The molecule has 0 spiro atoms. The van der Waals surface area contributed by atoms with E-state index in [1.165, 1.54) is 19.9 Å². The van der Waals surface area contributed by atoms with Gasteiger partial charge in [0.05, 0.1) is 5.69 Å². The van der Waals surface area contributed by atoms with Crippen molar-refractivity contribution < 1.29 is 0 Å². The van der Waals surface area contributed by atoms with Crippen molar-refractivity contribution in [3.63, 3.8) is 0 Å². The Morgan fingerprint density at radius 1 is 1.14 bits per heavy atom. The number of nitrogens with two attached hydrogens (primary N) is 2. The highest BCUT2D eigenvalue weighted by Gasteiger charge is 2.17. The zero-order valence-electron chi connectivity index (χ0n) is 12.8. The lowest BCUT2D eigenvalue weighted by molar-refractivity contribution is 0.931. The van der Waals surface area contributed by atoms with Crippen LogP contribution in [0.2, 0.25) is 0 Å². The molecule has 0 amide bonds. The van der Waals surface area contributed by atoms with Gasteiger partial charge in [0, 0.05) is 24.8 Å². The van der Waals surface area contributed by atoms with E-state index in [4.69, 9.17) is 5.73 Å². The van der Waals surface area contributed by atoms with E-state index in [1.807, 2.05) is 19.9 Å². The molecule has 1 aliphatic rings. The smallest absolute Gasteiger partial charge is 0.222 e. The van der Waals surface area contributed by atoms with Gasteiger partial charge in [0.1, 0.15) is 11.5 Å². The Hall–Kier alpha value is -2.15. The number of aromatic amines is 1. The van der Waals surface area contributed by atoms with Gasteiger partial charge >= 0.3 is 0 Å². The highest BCUT2D eigenvalue weighted by molar-refractivity contribution is 5.64. The molecule has 7 heteroatoms. The number of anilines is 2. The molecule has 21 heavy (non-hydrogen) atoms. The summed E-state index contributed by atoms with van der Waals surface area (Å²) in [5.74, 6) is 1.21. The number of aryl methyl sites for hydroxylation is 1. The molecule has 0 unspecified atom stereocenters. The molecule has 0 bridgehead atoms. The first-order valence-electron chi connectivity index (χ1n) is 7.14. The highest BCUT2D eigenvalue weighted by atomic mass is 15.2. The van der Waals surface area contributed by atoms with Crippen LogP contribution in [0.25, 0.3) is 11.4 Å². The zero-order valence-corrected chi connectivity index (χ0v) is 12.8. The minimum absolute atomic E-state index is 0.305. The van der Waals surface area contributed by atoms with Gasteiger partial charge in [-0.1, -0.05) is 0 Å². The number of nitrogens with one attached hydrogen (secondary N) is 1. The fourth-order valence-electron chi connectivity index (χ4n) is 2.42. The fourth-order valence-corrected chi connectivity index (χ4v) is 2.42. The van der Waals surface area contributed by atoms with Crippen LogP contribution < -0.4 is 16.4 Å². The SMILES string of the molecule is CN.Cc1[nH]nc(-c2cc(N3CCCC3)nc(N)n2)c1C. The molecule has 1 aliphatic heterocycles. The summed E-state index contributed by atoms with van der Waals surface area (Å²) in [7, 11) is 1.50. The van der Waals surface area contributed by atoms with E-state index in [9.17, 15) is 0 Å². The number of hydrogen-bond acceptors (Lipinski definition) is 6. The summed E-state index contributed by atoms with van der Waals surface area (Å²) < 4.78 is 0. The normalized spacial score (nSPS) is 14.0. The van der Waals surface area contributed by atoms with E-state index in [0.29, 0.717) is 5.95 Å². The fraction of sp³-hybridized carbons (Fsp3) is 0.500. The van der Waals surface area contributed by atoms with Crippen LogP contribution >= 0.6 is 0 Å². The van der Waals surface area contributed by atoms with Crippen molar-refractivity contribution in [2.24, 2.45) is 5.73 Å². The maximum absolute atomic E-state index is 5.83. The van der Waals surface area contributed by atoms with Gasteiger partial charge in [-0.3, -0.25) is 5.10 Å². The number of nitrogens with zero attached hydrogens (tertiary/aromatic N) is 4. The molecule has 0 saturated carbocycles. The van der Waals surface area contributed by atoms with Crippen LogP contribution in [-0.2, 0) is 0 Å². The van der Waals surface area contributed by atoms with Gasteiger partial charge in [-0.2, -0.15) is 10.1 Å². The van der Waals surface area contributed by atoms with Crippen LogP contribution in [0.3, 0.4) is 0 Å². The van der Waals surface area contributed by atoms with Gasteiger partial charge in [0.2, 0.25) is 5.95 Å². The van der Waals surface area contributed by atoms with E-state index in [1.54, 1.807) is 0 Å². The average molecular weight is 289 g/mol. The molecule has 0 atom stereocenters. The Kier molecular flexibility index (Phi) is 4.74. The second-order valence-electron chi connectivity index (χ2n) is 4.99. The first-order valence-corrected chi connectivity index (χ1v) is 7.14. The molecule has 7 nitrogen and oxygen atoms in total. The number of H-pyrrole nitrogens is 1. The van der Waals surface area contributed by atoms with Crippen molar-refractivity contribution in [2.75, 3.05) is 30.8 Å². The summed E-state index contributed by atoms with van der Waals surface area (Å²) >= 11 is 0. The molecule has 5 N–H and O–H groups in total. The number of hydrogen-bond donors (Lipinski definition) is 3. The van der Waals surface area contributed by atoms with Crippen LogP contribution in [0.1, 0.15) is 24.1 Å². The first-order chi connectivity index (χ1) is 10.1. The van der Waals surface area contributed by atoms with Crippen LogP contribution in [0.15, 0.2) is 6.07 Å². The largest absolute Gasteiger partial charge is 0.368 e. The molecule has 114 valence electrons. The third kappa shape index (κ3) is 3.13. The molecule has 0 aromatic carbocycles. The lowest BCUT2D eigenvalue weighted by Crippen LogP contribution is -2.19. The summed E-state index contributed by atoms with van der Waals surface area (Å²) in [5, 5.41) is 7.28. The Balaban J connectivity index is 0.000000774. The van der Waals surface area contributed by atoms with Crippen LogP contribution in [0.5, 0.6) is 0 Å². The summed E-state index contributed by atoms with van der Waals surface area (Å²) in [6.07, 6.45) is 2.42. The zero-order chi connectivity index (χ0) is 15.4. The quantitative estimate of drug-likeness (QED) is 0.767. The number of nitrogen functional groups attached to an aromatic ring is 1. The van der Waals surface area contributed by atoms with Gasteiger partial charge in [0.15, 0.2) is 0 Å². The molecule has 3 heterocycles. The van der Waals surface area contributed by atoms with Crippen LogP contribution in [0.4, 0.5) is 11.8 Å². The third-order valence-electron chi connectivity index (χ3n) is 3.66. The van der Waals surface area contributed by atoms with Gasteiger partial charge in [-0.05, 0) is 39.3 Å². The Labute approximate surface area is 124 Å². The second kappa shape index (κ2) is 6.53. The highest BCUT2D eigenvalue weighted by Crippen LogP contribution is 2.26. The summed E-state index contributed by atoms with van der Waals surface area (Å²) in [4.78, 5) is 10.9. The summed E-state index contributed by atoms with van der Waals surface area (Å²) in [6, 6.07) is 1.98. The lowest BCUT2D eigenvalue weighted by atomic mass is 10.1. The van der Waals surface area contributed by atoms with Crippen molar-refractivity contribution in [1.82, 2.24) is 20.2 Å². The van der Waals surface area contributed by atoms with E-state index in [2.05, 4.69) is 30.8 Å². The van der Waals surface area contributed by atoms with Crippen molar-refractivity contribution in [3.05, 3.63) is 17.3 Å². The van der Waals surface area contributed by atoms with E-state index in [0.717, 1.165) is 41.6 Å². The van der Waals surface area contributed by atoms with Crippen molar-refractivity contribution >= 4 is 11.8 Å². The molecule has 2 aromatic heterocycles. The van der Waals surface area contributed by atoms with Gasteiger partial charge in [-0.25, -0.2) is 4.98 Å². The monoisotopic (exact) mass is 289 g/mol. The molecule has 0 radical (unpaired) electrons. The molecule has 0 aliphatic carbocycles. The van der Waals surface area contributed by atoms with Crippen molar-refractivity contribution in [2.45, 2.75) is 26.7 Å². The predicted octanol–water partition coefficient (Wildman–Crippen LogP) is 1.24. The average Bonchev–Trinajstić information content (AvgIpc) is 3.12. The molecule has 1 fully saturated rings. The second-order valence-corrected chi connectivity index (χ2v) is 4.99. The van der Waals surface area contributed by atoms with Crippen LogP contribution in [0, 0.1) is 13.8 Å². The maximum Gasteiger partial charge on any atom is 0.222 e. The lowest BCUT2D eigenvalue weighted by Gasteiger charge is -2.17. The number of rotatable bonds is 2. The van der Waals surface area contributed by atoms with Crippen molar-refractivity contribution in [1.29, 1.82) is 0 Å². The minimum atomic E-state index is 0.305. The molecule has 3 rings (SSSR count). The summed E-state index contributed by atoms with van der Waals surface area (Å²) in [6.45, 7) is 6.10. The number of aromatic nitrogens is 4. The van der Waals surface area contributed by atoms with Gasteiger partial charge in [-0.15, -0.1) is 0 Å². The molecule has 1 saturated heterocycles. The topological polar surface area (TPSA) is 110 Å². The van der Waals surface area contributed by atoms with E-state index in [-0.39, 0.29) is 0 Å². The Morgan fingerprint density at radius 3 is 2.38 bits per heavy atom. The van der Waals surface area contributed by atoms with E-state index < -0.39 is 0 Å². The third-order valence-corrected chi connectivity index (χ3v) is 3.66. The summed E-state index contributed by atoms with van der Waals surface area (Å²) in [5.41, 5.74) is 14.1. The Bertz CT molecular complexity index is 599. The maximum atomic E-state index is 5.83. The Morgan fingerprint density at radius 2 is 1.81 bits per heavy atom. The van der Waals surface area contributed by atoms with Gasteiger partial charge in [0.25, 0.3) is 0 Å². The minimum Gasteiger partial charge on any atom is -0.368 e. The molecular formula is C14H23N7. The van der Waals surface area contributed by atoms with Gasteiger partial charge < -0.3 is 16.4 Å². The standard InChI is InChI=1S/C13H18N6.CH5N/c1-8-9(2)17-18-12(8)10-7-11(16-13(14)15-10)19-5-3-4-6-19;1-2/h7H,3-6H2,1-2H3,(H,17,18)(H2,14,15,16);2H2,1H3. The molecule has 2 aromatic rings.